The highest BCUT2D eigenvalue weighted by molar-refractivity contribution is 5.82. The van der Waals surface area contributed by atoms with Gasteiger partial charge in [0.05, 0.1) is 12.1 Å². The lowest BCUT2D eigenvalue weighted by atomic mass is 9.98. The fourth-order valence-corrected chi connectivity index (χ4v) is 2.84. The summed E-state index contributed by atoms with van der Waals surface area (Å²) in [5, 5.41) is 8.37. The summed E-state index contributed by atoms with van der Waals surface area (Å²) in [6, 6.07) is 6.01. The van der Waals surface area contributed by atoms with E-state index < -0.39 is 0 Å². The first kappa shape index (κ1) is 13.9. The Balaban J connectivity index is 1.56. The van der Waals surface area contributed by atoms with Gasteiger partial charge in [-0.05, 0) is 37.8 Å². The zero-order chi connectivity index (χ0) is 14.8. The van der Waals surface area contributed by atoms with E-state index >= 15 is 0 Å². The molecule has 5 nitrogen and oxygen atoms in total. The van der Waals surface area contributed by atoms with Gasteiger partial charge in [0.15, 0.2) is 0 Å². The second-order valence-corrected chi connectivity index (χ2v) is 5.79. The van der Waals surface area contributed by atoms with Crippen LogP contribution in [-0.2, 0) is 4.79 Å². The minimum absolute atomic E-state index is 0.175. The molecule has 1 aromatic carbocycles. The molecule has 1 aliphatic rings. The Morgan fingerprint density at radius 2 is 2.19 bits per heavy atom. The van der Waals surface area contributed by atoms with Crippen LogP contribution < -0.4 is 4.74 Å². The molecule has 0 bridgehead atoms. The van der Waals surface area contributed by atoms with Crippen molar-refractivity contribution in [1.29, 1.82) is 0 Å². The molecular weight excluding hydrogens is 266 g/mol. The lowest BCUT2D eigenvalue weighted by Gasteiger charge is -2.31. The summed E-state index contributed by atoms with van der Waals surface area (Å²) in [6.45, 7) is 6.05. The Kier molecular flexibility index (Phi) is 3.82. The van der Waals surface area contributed by atoms with Gasteiger partial charge in [-0.2, -0.15) is 5.10 Å². The van der Waals surface area contributed by atoms with Crippen LogP contribution in [0, 0.1) is 12.8 Å². The predicted octanol–water partition coefficient (Wildman–Crippen LogP) is 2.51. The molecule has 1 aromatic heterocycles. The maximum absolute atomic E-state index is 11.3. The number of fused-ring (bicyclic) bond motifs is 1. The van der Waals surface area contributed by atoms with Gasteiger partial charge in [-0.3, -0.25) is 9.89 Å². The maximum atomic E-state index is 11.3. The van der Waals surface area contributed by atoms with Crippen molar-refractivity contribution in [3.63, 3.8) is 0 Å². The summed E-state index contributed by atoms with van der Waals surface area (Å²) in [5.41, 5.74) is 2.02. The molecular formula is C16H21N3O2. The molecule has 0 atom stereocenters. The quantitative estimate of drug-likeness (QED) is 0.943. The topological polar surface area (TPSA) is 58.2 Å². The summed E-state index contributed by atoms with van der Waals surface area (Å²) in [6.07, 6.45) is 2.03. The number of hydrogen-bond acceptors (Lipinski definition) is 3. The molecule has 0 radical (unpaired) electrons. The van der Waals surface area contributed by atoms with Crippen LogP contribution in [0.1, 0.15) is 25.5 Å². The summed E-state index contributed by atoms with van der Waals surface area (Å²) in [4.78, 5) is 13.2. The number of aromatic nitrogens is 2. The number of H-pyrrole nitrogens is 1. The first-order valence-electron chi connectivity index (χ1n) is 7.46. The van der Waals surface area contributed by atoms with Crippen molar-refractivity contribution in [2.24, 2.45) is 5.92 Å². The van der Waals surface area contributed by atoms with Crippen LogP contribution in [0.2, 0.25) is 0 Å². The van der Waals surface area contributed by atoms with Crippen LogP contribution >= 0.6 is 0 Å². The van der Waals surface area contributed by atoms with E-state index in [1.54, 1.807) is 6.92 Å². The smallest absolute Gasteiger partial charge is 0.219 e. The standard InChI is InChI=1S/C16H21N3O2/c1-11-15-4-3-14(9-16(15)18-17-11)21-10-13-5-7-19(8-6-13)12(2)20/h3-4,9,13H,5-8,10H2,1-2H3,(H,17,18). The van der Waals surface area contributed by atoms with Crippen LogP contribution in [0.5, 0.6) is 5.75 Å². The summed E-state index contributed by atoms with van der Waals surface area (Å²) in [7, 11) is 0. The lowest BCUT2D eigenvalue weighted by Crippen LogP contribution is -2.38. The fraction of sp³-hybridized carbons (Fsp3) is 0.500. The van der Waals surface area contributed by atoms with Crippen LogP contribution in [-0.4, -0.2) is 40.7 Å². The summed E-state index contributed by atoms with van der Waals surface area (Å²) in [5.74, 6) is 1.56. The van der Waals surface area contributed by atoms with Crippen LogP contribution in [0.3, 0.4) is 0 Å². The highest BCUT2D eigenvalue weighted by atomic mass is 16.5. The third kappa shape index (κ3) is 3.01. The van der Waals surface area contributed by atoms with Crippen molar-refractivity contribution in [3.05, 3.63) is 23.9 Å². The number of carbonyl (C=O) groups excluding carboxylic acids is 1. The number of amides is 1. The van der Waals surface area contributed by atoms with Gasteiger partial charge >= 0.3 is 0 Å². The Morgan fingerprint density at radius 3 is 2.90 bits per heavy atom. The van der Waals surface area contributed by atoms with Crippen molar-refractivity contribution in [2.75, 3.05) is 19.7 Å². The van der Waals surface area contributed by atoms with Gasteiger partial charge in [-0.1, -0.05) is 0 Å². The van der Waals surface area contributed by atoms with E-state index in [0.29, 0.717) is 12.5 Å². The first-order chi connectivity index (χ1) is 10.1. The number of nitrogens with one attached hydrogen (secondary N) is 1. The van der Waals surface area contributed by atoms with Crippen LogP contribution in [0.25, 0.3) is 10.9 Å². The number of likely N-dealkylation sites (tertiary alicyclic amines) is 1. The molecule has 1 saturated heterocycles. The molecule has 21 heavy (non-hydrogen) atoms. The molecule has 1 amide bonds. The van der Waals surface area contributed by atoms with Crippen molar-refractivity contribution in [3.8, 4) is 5.75 Å². The zero-order valence-electron chi connectivity index (χ0n) is 12.6. The van der Waals surface area contributed by atoms with E-state index in [2.05, 4.69) is 10.2 Å². The molecule has 1 N–H and O–H groups in total. The molecule has 0 spiro atoms. The Bertz CT molecular complexity index is 642. The fourth-order valence-electron chi connectivity index (χ4n) is 2.84. The third-order valence-corrected chi connectivity index (χ3v) is 4.26. The Hall–Kier alpha value is -2.04. The predicted molar refractivity (Wildman–Crippen MR) is 81.3 cm³/mol. The van der Waals surface area contributed by atoms with Gasteiger partial charge < -0.3 is 9.64 Å². The number of hydrogen-bond donors (Lipinski definition) is 1. The minimum Gasteiger partial charge on any atom is -0.493 e. The van der Waals surface area contributed by atoms with Gasteiger partial charge in [-0.25, -0.2) is 0 Å². The molecule has 0 aliphatic carbocycles. The molecule has 5 heteroatoms. The lowest BCUT2D eigenvalue weighted by molar-refractivity contribution is -0.130. The number of aromatic amines is 1. The van der Waals surface area contributed by atoms with Gasteiger partial charge in [-0.15, -0.1) is 0 Å². The number of benzene rings is 1. The number of aryl methyl sites for hydroxylation is 1. The van der Waals surface area contributed by atoms with Gasteiger partial charge in [0, 0.05) is 37.2 Å². The average molecular weight is 287 g/mol. The van der Waals surface area contributed by atoms with E-state index in [9.17, 15) is 4.79 Å². The van der Waals surface area contributed by atoms with Crippen molar-refractivity contribution in [1.82, 2.24) is 15.1 Å². The number of piperidine rings is 1. The molecule has 1 fully saturated rings. The molecule has 1 aliphatic heterocycles. The minimum atomic E-state index is 0.175. The normalized spacial score (nSPS) is 16.4. The Morgan fingerprint density at radius 1 is 1.43 bits per heavy atom. The molecule has 2 aromatic rings. The van der Waals surface area contributed by atoms with Crippen molar-refractivity contribution < 1.29 is 9.53 Å². The van der Waals surface area contributed by atoms with Gasteiger partial charge in [0.1, 0.15) is 5.75 Å². The third-order valence-electron chi connectivity index (χ3n) is 4.26. The average Bonchev–Trinajstić information content (AvgIpc) is 2.86. The highest BCUT2D eigenvalue weighted by Gasteiger charge is 2.21. The van der Waals surface area contributed by atoms with E-state index in [1.165, 1.54) is 0 Å². The zero-order valence-corrected chi connectivity index (χ0v) is 12.6. The number of ether oxygens (including phenoxy) is 1. The first-order valence-corrected chi connectivity index (χ1v) is 7.46. The summed E-state index contributed by atoms with van der Waals surface area (Å²) >= 11 is 0. The maximum Gasteiger partial charge on any atom is 0.219 e. The molecule has 0 unspecified atom stereocenters. The SMILES string of the molecule is CC(=O)N1CCC(COc2ccc3c(C)[nH]nc3c2)CC1. The number of nitrogens with zero attached hydrogens (tertiary/aromatic N) is 2. The molecule has 2 heterocycles. The number of carbonyl (C=O) groups is 1. The highest BCUT2D eigenvalue weighted by Crippen LogP contribution is 2.23. The second kappa shape index (κ2) is 5.76. The van der Waals surface area contributed by atoms with Gasteiger partial charge in [0.2, 0.25) is 5.91 Å². The monoisotopic (exact) mass is 287 g/mol. The summed E-state index contributed by atoms with van der Waals surface area (Å²) < 4.78 is 5.90. The van der Waals surface area contributed by atoms with E-state index in [1.807, 2.05) is 30.0 Å². The second-order valence-electron chi connectivity index (χ2n) is 5.79. The molecule has 0 saturated carbocycles. The largest absolute Gasteiger partial charge is 0.493 e. The van der Waals surface area contributed by atoms with Crippen molar-refractivity contribution >= 4 is 16.8 Å². The van der Waals surface area contributed by atoms with E-state index in [0.717, 1.165) is 48.3 Å². The van der Waals surface area contributed by atoms with E-state index in [4.69, 9.17) is 4.74 Å². The van der Waals surface area contributed by atoms with E-state index in [-0.39, 0.29) is 5.91 Å². The van der Waals surface area contributed by atoms with Gasteiger partial charge in [0.25, 0.3) is 0 Å². The Labute approximate surface area is 124 Å². The van der Waals surface area contributed by atoms with Crippen LogP contribution in [0.15, 0.2) is 18.2 Å². The molecule has 112 valence electrons. The van der Waals surface area contributed by atoms with Crippen LogP contribution in [0.4, 0.5) is 0 Å². The molecule has 3 rings (SSSR count). The van der Waals surface area contributed by atoms with Crippen molar-refractivity contribution in [2.45, 2.75) is 26.7 Å². The number of rotatable bonds is 3.